The maximum absolute atomic E-state index is 12.4. The molecule has 182 valence electrons. The van der Waals surface area contributed by atoms with Gasteiger partial charge in [-0.15, -0.1) is 24.0 Å². The number of para-hydroxylation sites is 2. The molecular formula is C25H32IN5O3. The Morgan fingerprint density at radius 1 is 1.06 bits per heavy atom. The van der Waals surface area contributed by atoms with Gasteiger partial charge < -0.3 is 20.3 Å². The average Bonchev–Trinajstić information content (AvgIpc) is 3.41. The molecule has 0 aromatic heterocycles. The van der Waals surface area contributed by atoms with Gasteiger partial charge in [0.05, 0.1) is 23.9 Å². The van der Waals surface area contributed by atoms with Crippen molar-refractivity contribution in [2.24, 2.45) is 4.99 Å². The molecule has 1 atom stereocenters. The summed E-state index contributed by atoms with van der Waals surface area (Å²) in [6.45, 7) is 2.97. The normalized spacial score (nSPS) is 17.5. The number of carbonyl (C=O) groups excluding carboxylic acids is 2. The van der Waals surface area contributed by atoms with Gasteiger partial charge in [-0.05, 0) is 43.5 Å². The van der Waals surface area contributed by atoms with Crippen molar-refractivity contribution in [2.45, 2.75) is 25.3 Å². The Morgan fingerprint density at radius 2 is 1.74 bits per heavy atom. The average molecular weight is 577 g/mol. The third-order valence-corrected chi connectivity index (χ3v) is 6.16. The number of hydrogen-bond acceptors (Lipinski definition) is 5. The molecule has 1 saturated heterocycles. The number of nitrogens with one attached hydrogen (secondary N) is 2. The number of guanidine groups is 1. The van der Waals surface area contributed by atoms with Gasteiger partial charge in [-0.1, -0.05) is 24.3 Å². The Balaban J connectivity index is 0.00000324. The van der Waals surface area contributed by atoms with Crippen LogP contribution in [0.15, 0.2) is 53.5 Å². The molecule has 2 aliphatic rings. The topological polar surface area (TPSA) is 86.3 Å². The third kappa shape index (κ3) is 5.63. The smallest absolute Gasteiger partial charge is 0.261 e. The number of methoxy groups -OCH3 is 1. The summed E-state index contributed by atoms with van der Waals surface area (Å²) in [4.78, 5) is 32.9. The first kappa shape index (κ1) is 25.8. The second kappa shape index (κ2) is 12.0. The van der Waals surface area contributed by atoms with E-state index in [4.69, 9.17) is 4.74 Å². The van der Waals surface area contributed by atoms with Crippen molar-refractivity contribution in [3.05, 3.63) is 59.7 Å². The van der Waals surface area contributed by atoms with Crippen LogP contribution in [-0.2, 0) is 0 Å². The summed E-state index contributed by atoms with van der Waals surface area (Å²) in [5, 5.41) is 6.84. The summed E-state index contributed by atoms with van der Waals surface area (Å²) >= 11 is 0. The van der Waals surface area contributed by atoms with Crippen molar-refractivity contribution in [3.8, 4) is 5.75 Å². The first-order valence-electron chi connectivity index (χ1n) is 11.4. The van der Waals surface area contributed by atoms with Crippen LogP contribution in [0.5, 0.6) is 5.75 Å². The first-order chi connectivity index (χ1) is 16.1. The predicted molar refractivity (Wildman–Crippen MR) is 145 cm³/mol. The lowest BCUT2D eigenvalue weighted by atomic mass is 10.1. The fourth-order valence-corrected chi connectivity index (χ4v) is 4.42. The van der Waals surface area contributed by atoms with E-state index in [1.165, 1.54) is 4.90 Å². The second-order valence-electron chi connectivity index (χ2n) is 8.26. The van der Waals surface area contributed by atoms with Gasteiger partial charge in [-0.25, -0.2) is 0 Å². The Hall–Kier alpha value is -2.82. The SMILES string of the molecule is CN=C(NCCCCN1C(=O)c2ccccc2C1=O)NC1CCN(c2ccccc2OC)C1.I. The fraction of sp³-hybridized carbons (Fsp3) is 0.400. The molecule has 1 unspecified atom stereocenters. The number of hydrogen-bond donors (Lipinski definition) is 2. The van der Waals surface area contributed by atoms with Crippen molar-refractivity contribution >= 4 is 47.4 Å². The lowest BCUT2D eigenvalue weighted by Crippen LogP contribution is -2.45. The molecule has 2 heterocycles. The van der Waals surface area contributed by atoms with E-state index < -0.39 is 0 Å². The van der Waals surface area contributed by atoms with E-state index in [9.17, 15) is 9.59 Å². The summed E-state index contributed by atoms with van der Waals surface area (Å²) in [5.41, 5.74) is 2.12. The van der Waals surface area contributed by atoms with Gasteiger partial charge in [0.1, 0.15) is 5.75 Å². The first-order valence-corrected chi connectivity index (χ1v) is 11.4. The lowest BCUT2D eigenvalue weighted by molar-refractivity contribution is 0.0652. The number of imide groups is 1. The molecule has 2 aromatic rings. The second-order valence-corrected chi connectivity index (χ2v) is 8.26. The van der Waals surface area contributed by atoms with E-state index in [2.05, 4.69) is 26.6 Å². The van der Waals surface area contributed by atoms with Crippen molar-refractivity contribution in [1.82, 2.24) is 15.5 Å². The number of carbonyl (C=O) groups is 2. The summed E-state index contributed by atoms with van der Waals surface area (Å²) in [6, 6.07) is 15.4. The number of anilines is 1. The minimum atomic E-state index is -0.193. The van der Waals surface area contributed by atoms with Crippen LogP contribution in [0.1, 0.15) is 40.0 Å². The van der Waals surface area contributed by atoms with E-state index in [1.54, 1.807) is 38.4 Å². The molecule has 0 saturated carbocycles. The van der Waals surface area contributed by atoms with Crippen molar-refractivity contribution < 1.29 is 14.3 Å². The minimum absolute atomic E-state index is 0. The number of ether oxygens (including phenoxy) is 1. The number of halogens is 1. The third-order valence-electron chi connectivity index (χ3n) is 6.16. The Bertz CT molecular complexity index is 1010. The zero-order valence-electron chi connectivity index (χ0n) is 19.6. The number of rotatable bonds is 8. The molecule has 8 nitrogen and oxygen atoms in total. The van der Waals surface area contributed by atoms with Crippen LogP contribution in [0, 0.1) is 0 Å². The Morgan fingerprint density at radius 3 is 2.41 bits per heavy atom. The molecule has 1 fully saturated rings. The van der Waals surface area contributed by atoms with Gasteiger partial charge in [-0.2, -0.15) is 0 Å². The number of benzene rings is 2. The standard InChI is InChI=1S/C25H31N5O3.HI/c1-26-25(28-18-13-16-29(17-18)21-11-5-6-12-22(21)33-2)27-14-7-8-15-30-23(31)19-9-3-4-10-20(19)24(30)32;/h3-6,9-12,18H,7-8,13-17H2,1-2H3,(H2,26,27,28);1H. The Kier molecular flexibility index (Phi) is 9.14. The zero-order valence-corrected chi connectivity index (χ0v) is 22.0. The van der Waals surface area contributed by atoms with Crippen LogP contribution in [0.4, 0.5) is 5.69 Å². The molecule has 0 spiro atoms. The van der Waals surface area contributed by atoms with Crippen molar-refractivity contribution in [2.75, 3.05) is 45.2 Å². The van der Waals surface area contributed by atoms with E-state index in [1.807, 2.05) is 18.2 Å². The fourth-order valence-electron chi connectivity index (χ4n) is 4.42. The highest BCUT2D eigenvalue weighted by atomic mass is 127. The largest absolute Gasteiger partial charge is 0.495 e. The molecular weight excluding hydrogens is 545 g/mol. The number of fused-ring (bicyclic) bond motifs is 1. The molecule has 34 heavy (non-hydrogen) atoms. The molecule has 4 rings (SSSR count). The molecule has 2 aromatic carbocycles. The van der Waals surface area contributed by atoms with Gasteiger partial charge in [0, 0.05) is 39.3 Å². The number of nitrogens with zero attached hydrogens (tertiary/aromatic N) is 3. The number of unbranched alkanes of at least 4 members (excludes halogenated alkanes) is 1. The van der Waals surface area contributed by atoms with Crippen LogP contribution < -0.4 is 20.3 Å². The summed E-state index contributed by atoms with van der Waals surface area (Å²) in [5.74, 6) is 1.27. The van der Waals surface area contributed by atoms with Gasteiger partial charge in [0.25, 0.3) is 11.8 Å². The molecule has 0 aliphatic carbocycles. The van der Waals surface area contributed by atoms with Crippen LogP contribution in [0.3, 0.4) is 0 Å². The van der Waals surface area contributed by atoms with Crippen molar-refractivity contribution in [3.63, 3.8) is 0 Å². The summed E-state index contributed by atoms with van der Waals surface area (Å²) in [7, 11) is 3.46. The van der Waals surface area contributed by atoms with Gasteiger partial charge in [0.15, 0.2) is 5.96 Å². The van der Waals surface area contributed by atoms with Gasteiger partial charge >= 0.3 is 0 Å². The quantitative estimate of drug-likeness (QED) is 0.165. The highest BCUT2D eigenvalue weighted by Crippen LogP contribution is 2.30. The van der Waals surface area contributed by atoms with Gasteiger partial charge in [0.2, 0.25) is 0 Å². The highest BCUT2D eigenvalue weighted by molar-refractivity contribution is 14.0. The van der Waals surface area contributed by atoms with Crippen LogP contribution in [0.25, 0.3) is 0 Å². The minimum Gasteiger partial charge on any atom is -0.495 e. The molecule has 9 heteroatoms. The van der Waals surface area contributed by atoms with Crippen LogP contribution in [-0.4, -0.2) is 69.1 Å². The van der Waals surface area contributed by atoms with E-state index in [0.29, 0.717) is 30.3 Å². The Labute approximate surface area is 217 Å². The maximum atomic E-state index is 12.4. The molecule has 2 aliphatic heterocycles. The summed E-state index contributed by atoms with van der Waals surface area (Å²) < 4.78 is 5.50. The number of amides is 2. The van der Waals surface area contributed by atoms with Gasteiger partial charge in [-0.3, -0.25) is 19.5 Å². The monoisotopic (exact) mass is 577 g/mol. The van der Waals surface area contributed by atoms with E-state index in [-0.39, 0.29) is 35.8 Å². The number of aliphatic imine (C=N–C) groups is 1. The molecule has 2 amide bonds. The lowest BCUT2D eigenvalue weighted by Gasteiger charge is -2.22. The van der Waals surface area contributed by atoms with Crippen LogP contribution >= 0.6 is 24.0 Å². The van der Waals surface area contributed by atoms with E-state index in [0.717, 1.165) is 49.7 Å². The van der Waals surface area contributed by atoms with E-state index >= 15 is 0 Å². The predicted octanol–water partition coefficient (Wildman–Crippen LogP) is 3.13. The van der Waals surface area contributed by atoms with Crippen LogP contribution in [0.2, 0.25) is 0 Å². The molecule has 0 radical (unpaired) electrons. The maximum Gasteiger partial charge on any atom is 0.261 e. The molecule has 2 N–H and O–H groups in total. The summed E-state index contributed by atoms with van der Waals surface area (Å²) in [6.07, 6.45) is 2.57. The van der Waals surface area contributed by atoms with Crippen molar-refractivity contribution in [1.29, 1.82) is 0 Å². The zero-order chi connectivity index (χ0) is 23.2. The molecule has 0 bridgehead atoms. The highest BCUT2D eigenvalue weighted by Gasteiger charge is 2.34.